The molecule has 5 heteroatoms. The van der Waals surface area contributed by atoms with Crippen LogP contribution in [0.5, 0.6) is 0 Å². The molecule has 0 aliphatic heterocycles. The number of hydrogen-bond donors (Lipinski definition) is 1. The Balaban J connectivity index is 2.92. The zero-order valence-corrected chi connectivity index (χ0v) is 11.9. The quantitative estimate of drug-likeness (QED) is 0.775. The molecule has 0 aromatic carbocycles. The third-order valence-corrected chi connectivity index (χ3v) is 4.64. The van der Waals surface area contributed by atoms with Gasteiger partial charge in [-0.3, -0.25) is 4.79 Å². The van der Waals surface area contributed by atoms with E-state index >= 15 is 0 Å². The van der Waals surface area contributed by atoms with Crippen LogP contribution in [0.3, 0.4) is 0 Å². The molecule has 0 bridgehead atoms. The molecule has 5 nitrogen and oxygen atoms in total. The van der Waals surface area contributed by atoms with Crippen molar-refractivity contribution in [3.63, 3.8) is 0 Å². The molecule has 0 saturated heterocycles. The van der Waals surface area contributed by atoms with E-state index in [-0.39, 0.29) is 42.3 Å². The van der Waals surface area contributed by atoms with E-state index < -0.39 is 0 Å². The molecule has 0 spiro atoms. The fourth-order valence-electron chi connectivity index (χ4n) is 2.89. The number of nitrogens with two attached hydrogens (primary N) is 1. The molecule has 1 saturated carbocycles. The van der Waals surface area contributed by atoms with Crippen LogP contribution in [0.25, 0.3) is 0 Å². The van der Waals surface area contributed by atoms with Crippen molar-refractivity contribution in [2.75, 3.05) is 13.1 Å². The molecular weight excluding hydrogens is 240 g/mol. The smallest absolute Gasteiger partial charge is 0.227 e. The first kappa shape index (κ1) is 15.5. The van der Waals surface area contributed by atoms with Gasteiger partial charge in [0.25, 0.3) is 0 Å². The van der Waals surface area contributed by atoms with E-state index in [1.807, 2.05) is 12.1 Å². The second-order valence-electron chi connectivity index (χ2n) is 5.91. The van der Waals surface area contributed by atoms with E-state index in [0.717, 1.165) is 12.8 Å². The monoisotopic (exact) mass is 262 g/mol. The van der Waals surface area contributed by atoms with E-state index in [4.69, 9.17) is 16.3 Å². The van der Waals surface area contributed by atoms with Crippen LogP contribution in [0.4, 0.5) is 0 Å². The maximum Gasteiger partial charge on any atom is 0.227 e. The van der Waals surface area contributed by atoms with Crippen LogP contribution in [0.2, 0.25) is 0 Å². The summed E-state index contributed by atoms with van der Waals surface area (Å²) in [6.07, 6.45) is 1.54. The van der Waals surface area contributed by atoms with Crippen LogP contribution in [0.1, 0.15) is 33.6 Å². The van der Waals surface area contributed by atoms with Crippen LogP contribution in [0.15, 0.2) is 0 Å². The minimum absolute atomic E-state index is 0.0284. The molecule has 0 aromatic heterocycles. The lowest BCUT2D eigenvalue weighted by atomic mass is 9.60. The van der Waals surface area contributed by atoms with Crippen LogP contribution < -0.4 is 5.73 Å². The molecule has 19 heavy (non-hydrogen) atoms. The summed E-state index contributed by atoms with van der Waals surface area (Å²) in [5, 5.41) is 17.5. The molecule has 3 atom stereocenters. The highest BCUT2D eigenvalue weighted by Gasteiger charge is 2.46. The average Bonchev–Trinajstić information content (AvgIpc) is 2.35. The maximum atomic E-state index is 12.5. The predicted molar refractivity (Wildman–Crippen MR) is 71.5 cm³/mol. The summed E-state index contributed by atoms with van der Waals surface area (Å²) in [4.78, 5) is 13.9. The molecule has 1 aliphatic rings. The van der Waals surface area contributed by atoms with Gasteiger partial charge in [0.05, 0.1) is 12.1 Å². The summed E-state index contributed by atoms with van der Waals surface area (Å²) < 4.78 is 0. The Hall–Kier alpha value is -1.59. The van der Waals surface area contributed by atoms with Crippen LogP contribution in [-0.2, 0) is 4.79 Å². The standard InChI is InChI=1S/C14H22N4O/c1-10-12(17)5-4-11(14(10,2)3)13(19)18(8-6-15)9-7-16/h10-12H,4-5,8-9,17H2,1-3H3. The lowest BCUT2D eigenvalue weighted by Crippen LogP contribution is -2.52. The minimum atomic E-state index is -0.210. The summed E-state index contributed by atoms with van der Waals surface area (Å²) in [5.41, 5.74) is 5.87. The van der Waals surface area contributed by atoms with Crippen molar-refractivity contribution in [3.05, 3.63) is 0 Å². The van der Waals surface area contributed by atoms with Crippen molar-refractivity contribution in [2.24, 2.45) is 23.0 Å². The van der Waals surface area contributed by atoms with E-state index in [1.54, 1.807) is 0 Å². The fraction of sp³-hybridized carbons (Fsp3) is 0.786. The highest BCUT2D eigenvalue weighted by Crippen LogP contribution is 2.45. The zero-order valence-electron chi connectivity index (χ0n) is 11.9. The summed E-state index contributed by atoms with van der Waals surface area (Å²) in [5.74, 6) is -0.0166. The molecule has 3 unspecified atom stereocenters. The van der Waals surface area contributed by atoms with Gasteiger partial charge in [-0.2, -0.15) is 10.5 Å². The third kappa shape index (κ3) is 3.05. The lowest BCUT2D eigenvalue weighted by molar-refractivity contribution is -0.142. The molecule has 2 N–H and O–H groups in total. The van der Waals surface area contributed by atoms with Gasteiger partial charge in [0.1, 0.15) is 13.1 Å². The molecule has 0 heterocycles. The van der Waals surface area contributed by atoms with Gasteiger partial charge in [-0.1, -0.05) is 20.8 Å². The second-order valence-corrected chi connectivity index (χ2v) is 5.91. The van der Waals surface area contributed by atoms with E-state index in [9.17, 15) is 4.79 Å². The zero-order chi connectivity index (χ0) is 14.6. The summed E-state index contributed by atoms with van der Waals surface area (Å²) >= 11 is 0. The van der Waals surface area contributed by atoms with Crippen molar-refractivity contribution < 1.29 is 4.79 Å². The van der Waals surface area contributed by atoms with Gasteiger partial charge in [0.15, 0.2) is 0 Å². The Bertz CT molecular complexity index is 402. The Morgan fingerprint density at radius 1 is 1.32 bits per heavy atom. The summed E-state index contributed by atoms with van der Waals surface area (Å²) in [6.45, 7) is 6.12. The van der Waals surface area contributed by atoms with Crippen LogP contribution in [0, 0.1) is 39.9 Å². The number of nitrogens with zero attached hydrogens (tertiary/aromatic N) is 3. The topological polar surface area (TPSA) is 93.9 Å². The molecule has 1 amide bonds. The first-order valence-electron chi connectivity index (χ1n) is 6.64. The highest BCUT2D eigenvalue weighted by atomic mass is 16.2. The first-order valence-corrected chi connectivity index (χ1v) is 6.64. The number of carbonyl (C=O) groups excluding carboxylic acids is 1. The SMILES string of the molecule is CC1C(N)CCC(C(=O)N(CC#N)CC#N)C1(C)C. The molecule has 1 rings (SSSR count). The number of rotatable bonds is 3. The summed E-state index contributed by atoms with van der Waals surface area (Å²) in [6, 6.07) is 4.01. The van der Waals surface area contributed by atoms with Gasteiger partial charge in [0, 0.05) is 12.0 Å². The van der Waals surface area contributed by atoms with Crippen molar-refractivity contribution in [2.45, 2.75) is 39.7 Å². The minimum Gasteiger partial charge on any atom is -0.327 e. The second kappa shape index (κ2) is 6.04. The first-order chi connectivity index (χ1) is 8.86. The Morgan fingerprint density at radius 2 is 1.84 bits per heavy atom. The van der Waals surface area contributed by atoms with Gasteiger partial charge in [-0.15, -0.1) is 0 Å². The predicted octanol–water partition coefficient (Wildman–Crippen LogP) is 1.26. The number of nitriles is 2. The van der Waals surface area contributed by atoms with Crippen molar-refractivity contribution in [3.8, 4) is 12.1 Å². The Labute approximate surface area is 115 Å². The Kier molecular flexibility index (Phi) is 4.91. The fourth-order valence-corrected chi connectivity index (χ4v) is 2.89. The van der Waals surface area contributed by atoms with Crippen molar-refractivity contribution in [1.82, 2.24) is 4.90 Å². The van der Waals surface area contributed by atoms with E-state index in [2.05, 4.69) is 20.8 Å². The Morgan fingerprint density at radius 3 is 2.32 bits per heavy atom. The summed E-state index contributed by atoms with van der Waals surface area (Å²) in [7, 11) is 0. The van der Waals surface area contributed by atoms with Gasteiger partial charge >= 0.3 is 0 Å². The largest absolute Gasteiger partial charge is 0.327 e. The molecule has 0 radical (unpaired) electrons. The van der Waals surface area contributed by atoms with Crippen LogP contribution in [-0.4, -0.2) is 29.9 Å². The molecular formula is C14H22N4O. The average molecular weight is 262 g/mol. The normalized spacial score (nSPS) is 29.1. The molecule has 1 fully saturated rings. The van der Waals surface area contributed by atoms with Gasteiger partial charge < -0.3 is 10.6 Å². The van der Waals surface area contributed by atoms with Gasteiger partial charge in [-0.05, 0) is 24.2 Å². The number of carbonyl (C=O) groups is 1. The van der Waals surface area contributed by atoms with E-state index in [0.29, 0.717) is 0 Å². The highest BCUT2D eigenvalue weighted by molar-refractivity contribution is 5.80. The number of hydrogen-bond acceptors (Lipinski definition) is 4. The number of amides is 1. The molecule has 104 valence electrons. The van der Waals surface area contributed by atoms with Gasteiger partial charge in [0.2, 0.25) is 5.91 Å². The third-order valence-electron chi connectivity index (χ3n) is 4.64. The van der Waals surface area contributed by atoms with Crippen molar-refractivity contribution in [1.29, 1.82) is 10.5 Å². The van der Waals surface area contributed by atoms with E-state index in [1.165, 1.54) is 4.90 Å². The van der Waals surface area contributed by atoms with Gasteiger partial charge in [-0.25, -0.2) is 0 Å². The maximum absolute atomic E-state index is 12.5. The van der Waals surface area contributed by atoms with Crippen LogP contribution >= 0.6 is 0 Å². The van der Waals surface area contributed by atoms with Crippen molar-refractivity contribution >= 4 is 5.91 Å². The lowest BCUT2D eigenvalue weighted by Gasteiger charge is -2.46. The molecule has 1 aliphatic carbocycles. The molecule has 0 aromatic rings.